The first-order valence-electron chi connectivity index (χ1n) is 5.92. The van der Waals surface area contributed by atoms with Crippen LogP contribution in [0.2, 0.25) is 0 Å². The van der Waals surface area contributed by atoms with Crippen molar-refractivity contribution in [1.82, 2.24) is 0 Å². The van der Waals surface area contributed by atoms with Crippen molar-refractivity contribution in [3.05, 3.63) is 0 Å². The molecule has 0 radical (unpaired) electrons. The van der Waals surface area contributed by atoms with E-state index in [9.17, 15) is 4.79 Å². The molecule has 0 saturated heterocycles. The van der Waals surface area contributed by atoms with Gasteiger partial charge in [-0.1, -0.05) is 20.8 Å². The molecule has 0 aliphatic heterocycles. The first kappa shape index (κ1) is 13.5. The van der Waals surface area contributed by atoms with Gasteiger partial charge in [-0.3, -0.25) is 4.79 Å². The molecule has 1 rings (SSSR count). The molecule has 1 unspecified atom stereocenters. The molecule has 0 aromatic heterocycles. The molecule has 1 amide bonds. The molecule has 1 aliphatic carbocycles. The van der Waals surface area contributed by atoms with Crippen LogP contribution < -0.4 is 11.5 Å². The Labute approximate surface area is 97.7 Å². The van der Waals surface area contributed by atoms with Gasteiger partial charge in [-0.25, -0.2) is 0 Å². The molecule has 4 nitrogen and oxygen atoms in total. The van der Waals surface area contributed by atoms with Crippen molar-refractivity contribution in [3.8, 4) is 0 Å². The minimum absolute atomic E-state index is 0.222. The smallest absolute Gasteiger partial charge is 0.240 e. The summed E-state index contributed by atoms with van der Waals surface area (Å²) in [6.07, 6.45) is 2.93. The van der Waals surface area contributed by atoms with Gasteiger partial charge >= 0.3 is 0 Å². The van der Waals surface area contributed by atoms with E-state index in [4.69, 9.17) is 16.2 Å². The Bertz CT molecular complexity index is 256. The quantitative estimate of drug-likeness (QED) is 0.666. The fourth-order valence-corrected chi connectivity index (χ4v) is 1.61. The summed E-state index contributed by atoms with van der Waals surface area (Å²) >= 11 is 0. The summed E-state index contributed by atoms with van der Waals surface area (Å²) in [5, 5.41) is 0. The summed E-state index contributed by atoms with van der Waals surface area (Å²) in [6, 6.07) is 0. The standard InChI is InChI=1S/C12H24N2O2/c1-11(2,3)6-7-16-8-12(14,10(13)15)9-4-5-9/h9H,4-8,14H2,1-3H3,(H2,13,15). The maximum Gasteiger partial charge on any atom is 0.240 e. The lowest BCUT2D eigenvalue weighted by molar-refractivity contribution is -0.126. The largest absolute Gasteiger partial charge is 0.379 e. The average Bonchev–Trinajstić information content (AvgIpc) is 2.93. The van der Waals surface area contributed by atoms with Gasteiger partial charge < -0.3 is 16.2 Å². The fourth-order valence-electron chi connectivity index (χ4n) is 1.61. The summed E-state index contributed by atoms with van der Waals surface area (Å²) in [4.78, 5) is 11.3. The predicted octanol–water partition coefficient (Wildman–Crippen LogP) is 1.03. The molecular formula is C12H24N2O2. The minimum Gasteiger partial charge on any atom is -0.379 e. The van der Waals surface area contributed by atoms with E-state index in [0.29, 0.717) is 6.61 Å². The Kier molecular flexibility index (Phi) is 3.97. The molecule has 4 heteroatoms. The molecule has 0 heterocycles. The summed E-state index contributed by atoms with van der Waals surface area (Å²) in [6.45, 7) is 7.34. The van der Waals surface area contributed by atoms with Crippen LogP contribution in [0, 0.1) is 11.3 Å². The lowest BCUT2D eigenvalue weighted by atomic mass is 9.92. The van der Waals surface area contributed by atoms with Crippen LogP contribution in [0.3, 0.4) is 0 Å². The maximum atomic E-state index is 11.3. The van der Waals surface area contributed by atoms with Crippen LogP contribution in [0.4, 0.5) is 0 Å². The van der Waals surface area contributed by atoms with Gasteiger partial charge in [0, 0.05) is 6.61 Å². The summed E-state index contributed by atoms with van der Waals surface area (Å²) in [5.41, 5.74) is 10.6. The van der Waals surface area contributed by atoms with E-state index in [1.807, 2.05) is 0 Å². The van der Waals surface area contributed by atoms with Gasteiger partial charge in [0.05, 0.1) is 6.61 Å². The Balaban J connectivity index is 2.32. The molecule has 1 fully saturated rings. The molecular weight excluding hydrogens is 204 g/mol. The van der Waals surface area contributed by atoms with Gasteiger partial charge in [-0.05, 0) is 30.6 Å². The Morgan fingerprint density at radius 3 is 2.31 bits per heavy atom. The molecule has 1 atom stereocenters. The van der Waals surface area contributed by atoms with E-state index >= 15 is 0 Å². The van der Waals surface area contributed by atoms with E-state index in [1.165, 1.54) is 0 Å². The van der Waals surface area contributed by atoms with Crippen molar-refractivity contribution in [1.29, 1.82) is 0 Å². The monoisotopic (exact) mass is 228 g/mol. The summed E-state index contributed by atoms with van der Waals surface area (Å²) in [5.74, 6) is -0.217. The highest BCUT2D eigenvalue weighted by molar-refractivity contribution is 5.85. The van der Waals surface area contributed by atoms with Gasteiger partial charge in [-0.15, -0.1) is 0 Å². The Morgan fingerprint density at radius 1 is 1.38 bits per heavy atom. The van der Waals surface area contributed by atoms with E-state index in [-0.39, 0.29) is 17.9 Å². The lowest BCUT2D eigenvalue weighted by Crippen LogP contribution is -2.57. The van der Waals surface area contributed by atoms with E-state index < -0.39 is 11.4 Å². The molecule has 94 valence electrons. The van der Waals surface area contributed by atoms with Gasteiger partial charge in [0.25, 0.3) is 0 Å². The number of hydrogen-bond donors (Lipinski definition) is 2. The second kappa shape index (κ2) is 4.72. The first-order valence-corrected chi connectivity index (χ1v) is 5.92. The SMILES string of the molecule is CC(C)(C)CCOCC(N)(C(N)=O)C1CC1. The topological polar surface area (TPSA) is 78.3 Å². The van der Waals surface area contributed by atoms with Crippen molar-refractivity contribution in [2.45, 2.75) is 45.6 Å². The van der Waals surface area contributed by atoms with Gasteiger partial charge in [0.2, 0.25) is 5.91 Å². The van der Waals surface area contributed by atoms with E-state index in [0.717, 1.165) is 19.3 Å². The molecule has 0 aromatic carbocycles. The highest BCUT2D eigenvalue weighted by Crippen LogP contribution is 2.38. The number of rotatable bonds is 6. The average molecular weight is 228 g/mol. The van der Waals surface area contributed by atoms with Crippen LogP contribution in [-0.4, -0.2) is 24.7 Å². The van der Waals surface area contributed by atoms with Crippen molar-refractivity contribution in [2.24, 2.45) is 22.8 Å². The second-order valence-electron chi connectivity index (χ2n) is 6.04. The molecule has 1 aliphatic rings. The van der Waals surface area contributed by atoms with Crippen LogP contribution in [0.1, 0.15) is 40.0 Å². The summed E-state index contributed by atoms with van der Waals surface area (Å²) < 4.78 is 5.51. The highest BCUT2D eigenvalue weighted by atomic mass is 16.5. The highest BCUT2D eigenvalue weighted by Gasteiger charge is 2.47. The Hall–Kier alpha value is -0.610. The number of hydrogen-bond acceptors (Lipinski definition) is 3. The van der Waals surface area contributed by atoms with Gasteiger partial charge in [0.1, 0.15) is 5.54 Å². The van der Waals surface area contributed by atoms with Crippen LogP contribution in [0.25, 0.3) is 0 Å². The second-order valence-corrected chi connectivity index (χ2v) is 6.04. The normalized spacial score (nSPS) is 20.5. The number of ether oxygens (including phenoxy) is 1. The van der Waals surface area contributed by atoms with Crippen LogP contribution >= 0.6 is 0 Å². The molecule has 1 saturated carbocycles. The van der Waals surface area contributed by atoms with Crippen molar-refractivity contribution >= 4 is 5.91 Å². The maximum absolute atomic E-state index is 11.3. The number of carbonyl (C=O) groups is 1. The van der Waals surface area contributed by atoms with Crippen molar-refractivity contribution in [2.75, 3.05) is 13.2 Å². The van der Waals surface area contributed by atoms with Crippen molar-refractivity contribution < 1.29 is 9.53 Å². The Morgan fingerprint density at radius 2 is 1.94 bits per heavy atom. The first-order chi connectivity index (χ1) is 7.26. The molecule has 16 heavy (non-hydrogen) atoms. The van der Waals surface area contributed by atoms with Crippen molar-refractivity contribution in [3.63, 3.8) is 0 Å². The predicted molar refractivity (Wildman–Crippen MR) is 63.7 cm³/mol. The van der Waals surface area contributed by atoms with Gasteiger partial charge in [-0.2, -0.15) is 0 Å². The zero-order valence-electron chi connectivity index (χ0n) is 10.6. The third-order valence-corrected chi connectivity index (χ3v) is 3.10. The lowest BCUT2D eigenvalue weighted by Gasteiger charge is -2.26. The molecule has 4 N–H and O–H groups in total. The number of primary amides is 1. The third-order valence-electron chi connectivity index (χ3n) is 3.10. The summed E-state index contributed by atoms with van der Waals surface area (Å²) in [7, 11) is 0. The fraction of sp³-hybridized carbons (Fsp3) is 0.917. The van der Waals surface area contributed by atoms with Crippen LogP contribution in [-0.2, 0) is 9.53 Å². The van der Waals surface area contributed by atoms with E-state index in [1.54, 1.807) is 0 Å². The van der Waals surface area contributed by atoms with Crippen LogP contribution in [0.15, 0.2) is 0 Å². The number of amides is 1. The molecule has 0 bridgehead atoms. The molecule has 0 spiro atoms. The van der Waals surface area contributed by atoms with Gasteiger partial charge in [0.15, 0.2) is 0 Å². The zero-order chi connectivity index (χ0) is 12.4. The minimum atomic E-state index is -0.947. The third kappa shape index (κ3) is 3.76. The zero-order valence-corrected chi connectivity index (χ0v) is 10.6. The number of carbonyl (C=O) groups excluding carboxylic acids is 1. The molecule has 0 aromatic rings. The number of nitrogens with two attached hydrogens (primary N) is 2. The van der Waals surface area contributed by atoms with Crippen LogP contribution in [0.5, 0.6) is 0 Å². The van der Waals surface area contributed by atoms with E-state index in [2.05, 4.69) is 20.8 Å².